The predicted molar refractivity (Wildman–Crippen MR) is 92.0 cm³/mol. The van der Waals surface area contributed by atoms with Crippen molar-refractivity contribution in [2.24, 2.45) is 11.3 Å². The molecule has 2 heterocycles. The summed E-state index contributed by atoms with van der Waals surface area (Å²) in [4.78, 5) is 17.5. The maximum atomic E-state index is 12.5. The van der Waals surface area contributed by atoms with Crippen LogP contribution in [-0.2, 0) is 11.0 Å². The first kappa shape index (κ1) is 19.9. The number of likely N-dealkylation sites (tertiary alicyclic amines) is 1. The zero-order chi connectivity index (χ0) is 19.7. The van der Waals surface area contributed by atoms with E-state index in [1.807, 2.05) is 11.8 Å². The smallest absolute Gasteiger partial charge is 0.433 e. The first-order valence-corrected chi connectivity index (χ1v) is 9.36. The van der Waals surface area contributed by atoms with Crippen molar-refractivity contribution in [3.63, 3.8) is 0 Å². The van der Waals surface area contributed by atoms with Crippen molar-refractivity contribution in [2.45, 2.75) is 51.3 Å². The van der Waals surface area contributed by atoms with Crippen molar-refractivity contribution < 1.29 is 27.8 Å². The minimum Gasteiger partial charge on any atom is -0.489 e. The fourth-order valence-corrected chi connectivity index (χ4v) is 4.01. The third-order valence-corrected chi connectivity index (χ3v) is 5.75. The molecule has 0 aromatic carbocycles. The summed E-state index contributed by atoms with van der Waals surface area (Å²) in [5, 5.41) is 9.27. The number of alkyl halides is 3. The number of aliphatic hydroxyl groups excluding tert-OH is 1. The molecular weight excluding hydrogens is 361 g/mol. The highest BCUT2D eigenvalue weighted by Gasteiger charge is 2.48. The molecular formula is C19H25F3N2O3. The fraction of sp³-hybridized carbons (Fsp3) is 0.684. The standard InChI is InChI=1S/C19H25F3N2O3/c1-2-13(10-25)17(26)24-11-18(12-24)7-5-14(6-8-18)27-15-3-4-16(23-9-15)19(20,21)22/h3-4,9,13-14,25H,2,5-8,10-12H2,1H3/t13-/m1/s1. The Bertz CT molecular complexity index is 643. The number of carbonyl (C=O) groups is 1. The molecule has 2 aliphatic rings. The van der Waals surface area contributed by atoms with Crippen molar-refractivity contribution in [2.75, 3.05) is 19.7 Å². The van der Waals surface area contributed by atoms with E-state index in [4.69, 9.17) is 4.74 Å². The van der Waals surface area contributed by atoms with Crippen molar-refractivity contribution in [1.29, 1.82) is 0 Å². The van der Waals surface area contributed by atoms with Gasteiger partial charge in [-0.2, -0.15) is 13.2 Å². The van der Waals surface area contributed by atoms with E-state index in [9.17, 15) is 23.1 Å². The highest BCUT2D eigenvalue weighted by molar-refractivity contribution is 5.80. The van der Waals surface area contributed by atoms with Crippen LogP contribution in [0.15, 0.2) is 18.3 Å². The van der Waals surface area contributed by atoms with Gasteiger partial charge in [-0.15, -0.1) is 0 Å². The zero-order valence-electron chi connectivity index (χ0n) is 15.3. The van der Waals surface area contributed by atoms with Crippen LogP contribution in [0.1, 0.15) is 44.7 Å². The molecule has 3 rings (SSSR count). The number of ether oxygens (including phenoxy) is 1. The van der Waals surface area contributed by atoms with E-state index in [0.717, 1.165) is 51.0 Å². The van der Waals surface area contributed by atoms with Crippen LogP contribution in [0.3, 0.4) is 0 Å². The minimum atomic E-state index is -4.45. The summed E-state index contributed by atoms with van der Waals surface area (Å²) in [6.45, 7) is 3.22. The van der Waals surface area contributed by atoms with Crippen molar-refractivity contribution >= 4 is 5.91 Å². The lowest BCUT2D eigenvalue weighted by molar-refractivity contribution is -0.152. The summed E-state index contributed by atoms with van der Waals surface area (Å²) < 4.78 is 43.4. The van der Waals surface area contributed by atoms with Crippen molar-refractivity contribution in [1.82, 2.24) is 9.88 Å². The van der Waals surface area contributed by atoms with Crippen LogP contribution in [0.4, 0.5) is 13.2 Å². The summed E-state index contributed by atoms with van der Waals surface area (Å²) in [5.74, 6) is 0.0668. The first-order valence-electron chi connectivity index (χ1n) is 9.36. The average Bonchev–Trinajstić information content (AvgIpc) is 2.61. The lowest BCUT2D eigenvalue weighted by atomic mass is 9.67. The second-order valence-electron chi connectivity index (χ2n) is 7.68. The van der Waals surface area contributed by atoms with Crippen molar-refractivity contribution in [3.8, 4) is 5.75 Å². The molecule has 1 aromatic rings. The topological polar surface area (TPSA) is 62.7 Å². The number of aliphatic hydroxyl groups is 1. The Morgan fingerprint density at radius 1 is 1.37 bits per heavy atom. The molecule has 1 aromatic heterocycles. The normalized spacial score (nSPS) is 21.0. The van der Waals surface area contributed by atoms with Gasteiger partial charge < -0.3 is 14.7 Å². The Labute approximate surface area is 156 Å². The largest absolute Gasteiger partial charge is 0.489 e. The first-order chi connectivity index (χ1) is 12.8. The Morgan fingerprint density at radius 3 is 2.52 bits per heavy atom. The summed E-state index contributed by atoms with van der Waals surface area (Å²) in [6.07, 6.45) is 0.722. The predicted octanol–water partition coefficient (Wildman–Crippen LogP) is 3.27. The van der Waals surface area contributed by atoms with Gasteiger partial charge in [0.1, 0.15) is 11.4 Å². The number of hydrogen-bond donors (Lipinski definition) is 1. The molecule has 1 aliphatic carbocycles. The van der Waals surface area contributed by atoms with Gasteiger partial charge in [-0.1, -0.05) is 6.92 Å². The number of pyridine rings is 1. The number of nitrogens with zero attached hydrogens (tertiary/aromatic N) is 2. The van der Waals surface area contributed by atoms with Gasteiger partial charge in [0, 0.05) is 18.5 Å². The Morgan fingerprint density at radius 2 is 2.04 bits per heavy atom. The van der Waals surface area contributed by atoms with Gasteiger partial charge in [0.2, 0.25) is 5.91 Å². The minimum absolute atomic E-state index is 0.0276. The molecule has 0 radical (unpaired) electrons. The van der Waals surface area contributed by atoms with Gasteiger partial charge in [0.25, 0.3) is 0 Å². The van der Waals surface area contributed by atoms with Crippen LogP contribution >= 0.6 is 0 Å². The molecule has 0 bridgehead atoms. The van der Waals surface area contributed by atoms with Crippen LogP contribution in [0, 0.1) is 11.3 Å². The number of carbonyl (C=O) groups excluding carboxylic acids is 1. The number of aromatic nitrogens is 1. The second kappa shape index (κ2) is 7.66. The highest BCUT2D eigenvalue weighted by Crippen LogP contribution is 2.45. The summed E-state index contributed by atoms with van der Waals surface area (Å²) in [5.41, 5.74) is -0.799. The van der Waals surface area contributed by atoms with Gasteiger partial charge in [0.05, 0.1) is 24.8 Å². The molecule has 1 amide bonds. The van der Waals surface area contributed by atoms with Gasteiger partial charge in [-0.05, 0) is 44.2 Å². The quantitative estimate of drug-likeness (QED) is 0.844. The summed E-state index contributed by atoms with van der Waals surface area (Å²) in [7, 11) is 0. The summed E-state index contributed by atoms with van der Waals surface area (Å²) in [6, 6.07) is 2.24. The molecule has 1 saturated heterocycles. The fourth-order valence-electron chi connectivity index (χ4n) is 4.01. The number of amides is 1. The lowest BCUT2D eigenvalue weighted by Gasteiger charge is -2.54. The monoisotopic (exact) mass is 386 g/mol. The molecule has 5 nitrogen and oxygen atoms in total. The van der Waals surface area contributed by atoms with Crippen LogP contribution in [0.2, 0.25) is 0 Å². The SMILES string of the molecule is CC[C@H](CO)C(=O)N1CC2(CCC(Oc3ccc(C(F)(F)F)nc3)CC2)C1. The second-order valence-corrected chi connectivity index (χ2v) is 7.68. The molecule has 27 heavy (non-hydrogen) atoms. The van der Waals surface area contributed by atoms with Crippen LogP contribution < -0.4 is 4.74 Å². The maximum absolute atomic E-state index is 12.5. The summed E-state index contributed by atoms with van der Waals surface area (Å²) >= 11 is 0. The molecule has 1 spiro atoms. The Balaban J connectivity index is 1.47. The van der Waals surface area contributed by atoms with Crippen LogP contribution in [0.5, 0.6) is 5.75 Å². The zero-order valence-corrected chi connectivity index (χ0v) is 15.3. The van der Waals surface area contributed by atoms with E-state index < -0.39 is 11.9 Å². The maximum Gasteiger partial charge on any atom is 0.433 e. The highest BCUT2D eigenvalue weighted by atomic mass is 19.4. The molecule has 1 N–H and O–H groups in total. The van der Waals surface area contributed by atoms with E-state index in [1.165, 1.54) is 6.07 Å². The van der Waals surface area contributed by atoms with E-state index in [2.05, 4.69) is 4.98 Å². The van der Waals surface area contributed by atoms with Crippen molar-refractivity contribution in [3.05, 3.63) is 24.0 Å². The number of halogens is 3. The number of hydrogen-bond acceptors (Lipinski definition) is 4. The molecule has 1 aliphatic heterocycles. The van der Waals surface area contributed by atoms with Crippen LogP contribution in [0.25, 0.3) is 0 Å². The Hall–Kier alpha value is -1.83. The van der Waals surface area contributed by atoms with Gasteiger partial charge in [0.15, 0.2) is 0 Å². The molecule has 1 atom stereocenters. The molecule has 1 saturated carbocycles. The molecule has 150 valence electrons. The van der Waals surface area contributed by atoms with E-state index in [0.29, 0.717) is 12.2 Å². The number of rotatable bonds is 5. The van der Waals surface area contributed by atoms with E-state index in [1.54, 1.807) is 0 Å². The van der Waals surface area contributed by atoms with E-state index >= 15 is 0 Å². The molecule has 8 heteroatoms. The van der Waals surface area contributed by atoms with Gasteiger partial charge >= 0.3 is 6.18 Å². The third-order valence-electron chi connectivity index (χ3n) is 5.75. The van der Waals surface area contributed by atoms with E-state index in [-0.39, 0.29) is 30.0 Å². The Kier molecular flexibility index (Phi) is 5.65. The van der Waals surface area contributed by atoms with Gasteiger partial charge in [-0.25, -0.2) is 4.98 Å². The van der Waals surface area contributed by atoms with Crippen LogP contribution in [-0.4, -0.2) is 46.7 Å². The molecule has 2 fully saturated rings. The average molecular weight is 386 g/mol. The van der Waals surface area contributed by atoms with Gasteiger partial charge in [-0.3, -0.25) is 4.79 Å². The lowest BCUT2D eigenvalue weighted by Crippen LogP contribution is -2.61. The third kappa shape index (κ3) is 4.36. The molecule has 0 unspecified atom stereocenters.